The first-order valence-corrected chi connectivity index (χ1v) is 7.19. The van der Waals surface area contributed by atoms with Crippen molar-refractivity contribution in [2.24, 2.45) is 0 Å². The molecule has 1 aliphatic rings. The third-order valence-electron chi connectivity index (χ3n) is 3.64. The number of amides is 1. The van der Waals surface area contributed by atoms with E-state index in [1.54, 1.807) is 24.3 Å². The topological polar surface area (TPSA) is 78.6 Å². The maximum atomic E-state index is 11.9. The molecule has 7 heteroatoms. The van der Waals surface area contributed by atoms with E-state index in [1.807, 2.05) is 0 Å². The Bertz CT molecular complexity index is 452. The van der Waals surface area contributed by atoms with Crippen molar-refractivity contribution in [2.75, 3.05) is 31.9 Å². The summed E-state index contributed by atoms with van der Waals surface area (Å²) >= 11 is 0. The highest BCUT2D eigenvalue weighted by molar-refractivity contribution is 5.94. The third kappa shape index (κ3) is 6.83. The second-order valence-corrected chi connectivity index (χ2v) is 5.31. The van der Waals surface area contributed by atoms with Gasteiger partial charge >= 0.3 is 0 Å². The van der Waals surface area contributed by atoms with E-state index in [0.717, 1.165) is 38.9 Å². The van der Waals surface area contributed by atoms with Crippen LogP contribution in [0, 0.1) is 0 Å². The van der Waals surface area contributed by atoms with Crippen LogP contribution in [0.2, 0.25) is 0 Å². The molecule has 0 aromatic heterocycles. The number of hydrogen-bond donors (Lipinski definition) is 3. The molecule has 1 heterocycles. The molecule has 1 fully saturated rings. The van der Waals surface area contributed by atoms with Gasteiger partial charge in [-0.25, -0.2) is 0 Å². The number of nitrogens with two attached hydrogens (primary N) is 1. The van der Waals surface area contributed by atoms with Gasteiger partial charge in [0.2, 0.25) is 0 Å². The minimum Gasteiger partial charge on any atom is -0.399 e. The summed E-state index contributed by atoms with van der Waals surface area (Å²) in [7, 11) is 0. The summed E-state index contributed by atoms with van der Waals surface area (Å²) in [6, 6.07) is 6.99. The van der Waals surface area contributed by atoms with Gasteiger partial charge in [0.15, 0.2) is 0 Å². The number of nitrogens with one attached hydrogen (secondary N) is 1. The molecule has 0 radical (unpaired) electrons. The zero-order chi connectivity index (χ0) is 14.4. The Labute approximate surface area is 144 Å². The summed E-state index contributed by atoms with van der Waals surface area (Å²) < 4.78 is 0. The third-order valence-corrected chi connectivity index (χ3v) is 3.64. The van der Waals surface area contributed by atoms with Crippen LogP contribution < -0.4 is 11.1 Å². The highest BCUT2D eigenvalue weighted by atomic mass is 35.5. The number of piperidine rings is 1. The van der Waals surface area contributed by atoms with Gasteiger partial charge < -0.3 is 21.1 Å². The number of likely N-dealkylation sites (tertiary alicyclic amines) is 1. The quantitative estimate of drug-likeness (QED) is 0.558. The number of hydrogen-bond acceptors (Lipinski definition) is 4. The number of aliphatic hydroxyl groups excluding tert-OH is 1. The van der Waals surface area contributed by atoms with Gasteiger partial charge in [-0.3, -0.25) is 4.79 Å². The molecule has 0 atom stereocenters. The summed E-state index contributed by atoms with van der Waals surface area (Å²) in [6.07, 6.45) is 2.50. The number of rotatable bonds is 5. The number of carbonyl (C=O) groups excluding carboxylic acids is 1. The zero-order valence-corrected chi connectivity index (χ0v) is 14.2. The summed E-state index contributed by atoms with van der Waals surface area (Å²) in [6.45, 7) is 3.52. The largest absolute Gasteiger partial charge is 0.399 e. The fourth-order valence-corrected chi connectivity index (χ4v) is 2.43. The highest BCUT2D eigenvalue weighted by Gasteiger charge is 2.16. The molecule has 1 aromatic rings. The average Bonchev–Trinajstić information content (AvgIpc) is 2.45. The van der Waals surface area contributed by atoms with Crippen LogP contribution in [0.5, 0.6) is 0 Å². The molecule has 0 aliphatic carbocycles. The predicted octanol–water partition coefficient (Wildman–Crippen LogP) is 1.69. The Morgan fingerprint density at radius 1 is 1.32 bits per heavy atom. The molecule has 126 valence electrons. The van der Waals surface area contributed by atoms with Crippen molar-refractivity contribution in [1.29, 1.82) is 0 Å². The Hall–Kier alpha value is -1.01. The lowest BCUT2D eigenvalue weighted by Crippen LogP contribution is -2.37. The van der Waals surface area contributed by atoms with Crippen LogP contribution in [0.3, 0.4) is 0 Å². The van der Waals surface area contributed by atoms with E-state index < -0.39 is 0 Å². The minimum absolute atomic E-state index is 0. The van der Waals surface area contributed by atoms with E-state index in [-0.39, 0.29) is 36.8 Å². The van der Waals surface area contributed by atoms with E-state index in [2.05, 4.69) is 10.2 Å². The fraction of sp³-hybridized carbons (Fsp3) is 0.533. The molecule has 1 aromatic carbocycles. The molecule has 1 amide bonds. The predicted molar refractivity (Wildman–Crippen MR) is 94.0 cm³/mol. The number of anilines is 1. The highest BCUT2D eigenvalue weighted by Crippen LogP contribution is 2.10. The summed E-state index contributed by atoms with van der Waals surface area (Å²) in [5.41, 5.74) is 6.86. The molecule has 5 nitrogen and oxygen atoms in total. The molecule has 0 unspecified atom stereocenters. The van der Waals surface area contributed by atoms with Crippen molar-refractivity contribution in [2.45, 2.75) is 25.4 Å². The maximum Gasteiger partial charge on any atom is 0.251 e. The van der Waals surface area contributed by atoms with Crippen molar-refractivity contribution in [3.8, 4) is 0 Å². The number of carbonyl (C=O) groups is 1. The van der Waals surface area contributed by atoms with Gasteiger partial charge in [0.25, 0.3) is 5.91 Å². The molecule has 1 aliphatic heterocycles. The second kappa shape index (κ2) is 10.7. The molecule has 4 N–H and O–H groups in total. The summed E-state index contributed by atoms with van der Waals surface area (Å²) in [4.78, 5) is 14.2. The number of aliphatic hydroxyl groups is 1. The first-order chi connectivity index (χ1) is 9.65. The first kappa shape index (κ1) is 21.0. The molecule has 22 heavy (non-hydrogen) atoms. The molecule has 0 spiro atoms. The van der Waals surface area contributed by atoms with Gasteiger partial charge in [-0.1, -0.05) is 6.07 Å². The standard InChI is InChI=1S/C15H23N3O2.2ClH/c16-13-4-1-3-12(11-13)15(20)17-7-2-8-18-9-5-14(19)6-10-18;;/h1,3-4,11,14,19H,2,5-10,16H2,(H,17,20);2*1H. The van der Waals surface area contributed by atoms with Gasteiger partial charge in [-0.2, -0.15) is 0 Å². The van der Waals surface area contributed by atoms with Crippen molar-refractivity contribution in [3.63, 3.8) is 0 Å². The smallest absolute Gasteiger partial charge is 0.251 e. The minimum atomic E-state index is -0.130. The fourth-order valence-electron chi connectivity index (χ4n) is 2.43. The molecule has 0 bridgehead atoms. The second-order valence-electron chi connectivity index (χ2n) is 5.31. The van der Waals surface area contributed by atoms with Crippen LogP contribution >= 0.6 is 24.8 Å². The van der Waals surface area contributed by atoms with E-state index >= 15 is 0 Å². The lowest BCUT2D eigenvalue weighted by atomic mass is 10.1. The first-order valence-electron chi connectivity index (χ1n) is 7.19. The monoisotopic (exact) mass is 349 g/mol. The molecular weight excluding hydrogens is 325 g/mol. The van der Waals surface area contributed by atoms with Gasteiger partial charge in [-0.15, -0.1) is 24.8 Å². The molecule has 1 saturated heterocycles. The van der Waals surface area contributed by atoms with E-state index in [4.69, 9.17) is 5.73 Å². The van der Waals surface area contributed by atoms with Gasteiger partial charge in [0.05, 0.1) is 6.10 Å². The Kier molecular flexibility index (Phi) is 10.2. The van der Waals surface area contributed by atoms with Crippen LogP contribution in [-0.4, -0.2) is 48.2 Å². The number of benzene rings is 1. The SMILES string of the molecule is Cl.Cl.Nc1cccc(C(=O)NCCCN2CCC(O)CC2)c1. The van der Waals surface area contributed by atoms with E-state index in [0.29, 0.717) is 17.8 Å². The lowest BCUT2D eigenvalue weighted by Gasteiger charge is -2.29. The molecule has 2 rings (SSSR count). The summed E-state index contributed by atoms with van der Waals surface area (Å²) in [5, 5.41) is 12.3. The van der Waals surface area contributed by atoms with Crippen molar-refractivity contribution < 1.29 is 9.90 Å². The Balaban J connectivity index is 0.00000220. The number of nitrogens with zero attached hydrogens (tertiary/aromatic N) is 1. The zero-order valence-electron chi connectivity index (χ0n) is 12.5. The Morgan fingerprint density at radius 3 is 2.64 bits per heavy atom. The molecule has 0 saturated carbocycles. The van der Waals surface area contributed by atoms with Crippen molar-refractivity contribution >= 4 is 36.4 Å². The van der Waals surface area contributed by atoms with E-state index in [9.17, 15) is 9.90 Å². The van der Waals surface area contributed by atoms with Crippen LogP contribution in [0.25, 0.3) is 0 Å². The normalized spacial score (nSPS) is 15.5. The van der Waals surface area contributed by atoms with E-state index in [1.165, 1.54) is 0 Å². The Morgan fingerprint density at radius 2 is 2.00 bits per heavy atom. The van der Waals surface area contributed by atoms with Crippen LogP contribution in [0.4, 0.5) is 5.69 Å². The summed E-state index contributed by atoms with van der Waals surface area (Å²) in [5.74, 6) is -0.0774. The van der Waals surface area contributed by atoms with Gasteiger partial charge in [-0.05, 0) is 44.0 Å². The maximum absolute atomic E-state index is 11.9. The van der Waals surface area contributed by atoms with Crippen LogP contribution in [-0.2, 0) is 0 Å². The number of halogens is 2. The van der Waals surface area contributed by atoms with Crippen LogP contribution in [0.1, 0.15) is 29.6 Å². The van der Waals surface area contributed by atoms with Crippen molar-refractivity contribution in [1.82, 2.24) is 10.2 Å². The average molecular weight is 350 g/mol. The number of nitrogen functional groups attached to an aromatic ring is 1. The van der Waals surface area contributed by atoms with Crippen molar-refractivity contribution in [3.05, 3.63) is 29.8 Å². The van der Waals surface area contributed by atoms with Gasteiger partial charge in [0.1, 0.15) is 0 Å². The molecular formula is C15H25Cl2N3O2. The van der Waals surface area contributed by atoms with Crippen LogP contribution in [0.15, 0.2) is 24.3 Å². The lowest BCUT2D eigenvalue weighted by molar-refractivity contribution is 0.0816. The van der Waals surface area contributed by atoms with Gasteiger partial charge in [0, 0.05) is 30.9 Å².